The number of nitrogen functional groups attached to an aromatic ring is 1. The number of pyridine rings is 1. The second-order valence-corrected chi connectivity index (χ2v) is 3.87. The topological polar surface area (TPSA) is 85.4 Å². The van der Waals surface area contributed by atoms with Crippen molar-refractivity contribution in [3.8, 4) is 11.6 Å². The van der Waals surface area contributed by atoms with Crippen LogP contribution in [0.4, 0.5) is 5.69 Å². The lowest BCUT2D eigenvalue weighted by molar-refractivity contribution is 0.0697. The number of halogens is 1. The number of nitrogens with two attached hydrogens (primary N) is 1. The van der Waals surface area contributed by atoms with Crippen molar-refractivity contribution in [3.05, 3.63) is 47.1 Å². The SMILES string of the molecule is Nc1c(C(=O)O)ccnc1Oc1ccc(Cl)cc1. The van der Waals surface area contributed by atoms with E-state index < -0.39 is 5.97 Å². The average Bonchev–Trinajstić information content (AvgIpc) is 2.34. The maximum absolute atomic E-state index is 10.9. The Morgan fingerprint density at radius 1 is 1.28 bits per heavy atom. The largest absolute Gasteiger partial charge is 0.478 e. The molecular weight excluding hydrogens is 256 g/mol. The molecule has 0 fully saturated rings. The fourth-order valence-electron chi connectivity index (χ4n) is 1.34. The summed E-state index contributed by atoms with van der Waals surface area (Å²) in [7, 11) is 0. The van der Waals surface area contributed by atoms with Gasteiger partial charge >= 0.3 is 5.97 Å². The van der Waals surface area contributed by atoms with Crippen LogP contribution in [0.3, 0.4) is 0 Å². The van der Waals surface area contributed by atoms with Crippen molar-refractivity contribution in [3.63, 3.8) is 0 Å². The molecule has 0 bridgehead atoms. The van der Waals surface area contributed by atoms with Gasteiger partial charge in [0, 0.05) is 11.2 Å². The van der Waals surface area contributed by atoms with Crippen molar-refractivity contribution in [1.82, 2.24) is 4.98 Å². The lowest BCUT2D eigenvalue weighted by Gasteiger charge is -2.08. The van der Waals surface area contributed by atoms with E-state index in [1.165, 1.54) is 12.3 Å². The predicted octanol–water partition coefficient (Wildman–Crippen LogP) is 2.81. The summed E-state index contributed by atoms with van der Waals surface area (Å²) in [5, 5.41) is 9.48. The molecule has 1 aromatic carbocycles. The van der Waals surface area contributed by atoms with Crippen molar-refractivity contribution in [1.29, 1.82) is 0 Å². The van der Waals surface area contributed by atoms with Gasteiger partial charge in [-0.05, 0) is 30.3 Å². The number of rotatable bonds is 3. The van der Waals surface area contributed by atoms with Crippen molar-refractivity contribution in [2.75, 3.05) is 5.73 Å². The molecule has 0 saturated heterocycles. The molecule has 2 rings (SSSR count). The molecule has 0 amide bonds. The highest BCUT2D eigenvalue weighted by atomic mass is 35.5. The molecule has 2 aromatic rings. The molecular formula is C12H9ClN2O3. The summed E-state index contributed by atoms with van der Waals surface area (Å²) in [5.74, 6) is -0.603. The van der Waals surface area contributed by atoms with Gasteiger partial charge in [-0.15, -0.1) is 0 Å². The predicted molar refractivity (Wildman–Crippen MR) is 67.1 cm³/mol. The number of ether oxygens (including phenoxy) is 1. The number of hydrogen-bond donors (Lipinski definition) is 2. The molecule has 0 atom stereocenters. The minimum atomic E-state index is -1.13. The Hall–Kier alpha value is -2.27. The number of benzene rings is 1. The van der Waals surface area contributed by atoms with Crippen LogP contribution < -0.4 is 10.5 Å². The number of carboxylic acid groups (broad SMARTS) is 1. The van der Waals surface area contributed by atoms with Crippen molar-refractivity contribution >= 4 is 23.3 Å². The summed E-state index contributed by atoms with van der Waals surface area (Å²) in [4.78, 5) is 14.8. The van der Waals surface area contributed by atoms with Gasteiger partial charge in [-0.2, -0.15) is 0 Å². The molecule has 0 aliphatic carbocycles. The molecule has 0 radical (unpaired) electrons. The van der Waals surface area contributed by atoms with E-state index in [4.69, 9.17) is 27.2 Å². The van der Waals surface area contributed by atoms with Crippen LogP contribution in [0.1, 0.15) is 10.4 Å². The molecule has 0 aliphatic heterocycles. The first kappa shape index (κ1) is 12.2. The second kappa shape index (κ2) is 4.93. The van der Waals surface area contributed by atoms with E-state index in [2.05, 4.69) is 4.98 Å². The smallest absolute Gasteiger partial charge is 0.338 e. The molecule has 1 heterocycles. The van der Waals surface area contributed by atoms with Crippen LogP contribution in [0.15, 0.2) is 36.5 Å². The Morgan fingerprint density at radius 3 is 2.56 bits per heavy atom. The van der Waals surface area contributed by atoms with Gasteiger partial charge in [0.1, 0.15) is 11.4 Å². The first-order valence-electron chi connectivity index (χ1n) is 4.99. The van der Waals surface area contributed by atoms with Crippen LogP contribution in [-0.4, -0.2) is 16.1 Å². The van der Waals surface area contributed by atoms with Crippen LogP contribution in [0.2, 0.25) is 5.02 Å². The van der Waals surface area contributed by atoms with E-state index in [1.54, 1.807) is 24.3 Å². The Balaban J connectivity index is 2.32. The second-order valence-electron chi connectivity index (χ2n) is 3.44. The zero-order valence-electron chi connectivity index (χ0n) is 9.13. The number of hydrogen-bond acceptors (Lipinski definition) is 4. The van der Waals surface area contributed by atoms with Gasteiger partial charge in [0.2, 0.25) is 5.88 Å². The van der Waals surface area contributed by atoms with E-state index in [1.807, 2.05) is 0 Å². The first-order valence-corrected chi connectivity index (χ1v) is 5.37. The lowest BCUT2D eigenvalue weighted by Crippen LogP contribution is -2.05. The van der Waals surface area contributed by atoms with Crippen molar-refractivity contribution < 1.29 is 14.6 Å². The monoisotopic (exact) mass is 264 g/mol. The quantitative estimate of drug-likeness (QED) is 0.890. The number of aromatic carboxylic acids is 1. The molecule has 5 nitrogen and oxygen atoms in total. The maximum Gasteiger partial charge on any atom is 0.338 e. The van der Waals surface area contributed by atoms with E-state index in [0.717, 1.165) is 0 Å². The number of anilines is 1. The van der Waals surface area contributed by atoms with Crippen LogP contribution in [-0.2, 0) is 0 Å². The van der Waals surface area contributed by atoms with Gasteiger partial charge in [0.05, 0.1) is 5.56 Å². The van der Waals surface area contributed by atoms with Crippen LogP contribution in [0, 0.1) is 0 Å². The van der Waals surface area contributed by atoms with E-state index in [-0.39, 0.29) is 17.1 Å². The summed E-state index contributed by atoms with van der Waals surface area (Å²) < 4.78 is 5.40. The number of nitrogens with zero attached hydrogens (tertiary/aromatic N) is 1. The van der Waals surface area contributed by atoms with Crippen LogP contribution >= 0.6 is 11.6 Å². The van der Waals surface area contributed by atoms with Gasteiger partial charge in [-0.3, -0.25) is 0 Å². The average molecular weight is 265 g/mol. The standard InChI is InChI=1S/C12H9ClN2O3/c13-7-1-3-8(4-2-7)18-11-10(14)9(12(16)17)5-6-15-11/h1-6H,14H2,(H,16,17). The fraction of sp³-hybridized carbons (Fsp3) is 0. The third kappa shape index (κ3) is 2.52. The van der Waals surface area contributed by atoms with Gasteiger partial charge in [-0.25, -0.2) is 9.78 Å². The molecule has 6 heteroatoms. The molecule has 0 saturated carbocycles. The first-order chi connectivity index (χ1) is 8.58. The Morgan fingerprint density at radius 2 is 1.94 bits per heavy atom. The highest BCUT2D eigenvalue weighted by molar-refractivity contribution is 6.30. The highest BCUT2D eigenvalue weighted by Crippen LogP contribution is 2.28. The Labute approximate surface area is 108 Å². The third-order valence-corrected chi connectivity index (χ3v) is 2.46. The summed E-state index contributed by atoms with van der Waals surface area (Å²) >= 11 is 5.74. The zero-order valence-corrected chi connectivity index (χ0v) is 9.89. The maximum atomic E-state index is 10.9. The Kier molecular flexibility index (Phi) is 3.34. The van der Waals surface area contributed by atoms with Gasteiger partial charge in [0.25, 0.3) is 0 Å². The third-order valence-electron chi connectivity index (χ3n) is 2.21. The molecule has 0 aliphatic rings. The summed E-state index contributed by atoms with van der Waals surface area (Å²) in [6, 6.07) is 7.88. The molecule has 3 N–H and O–H groups in total. The minimum Gasteiger partial charge on any atom is -0.478 e. The van der Waals surface area contributed by atoms with E-state index in [9.17, 15) is 4.79 Å². The lowest BCUT2D eigenvalue weighted by atomic mass is 10.2. The van der Waals surface area contributed by atoms with E-state index >= 15 is 0 Å². The molecule has 18 heavy (non-hydrogen) atoms. The normalized spacial score (nSPS) is 10.1. The van der Waals surface area contributed by atoms with Gasteiger partial charge in [0.15, 0.2) is 0 Å². The minimum absolute atomic E-state index is 0.0139. The van der Waals surface area contributed by atoms with Crippen LogP contribution in [0.5, 0.6) is 11.6 Å². The molecule has 1 aromatic heterocycles. The van der Waals surface area contributed by atoms with E-state index in [0.29, 0.717) is 10.8 Å². The summed E-state index contributed by atoms with van der Waals surface area (Å²) in [6.45, 7) is 0. The number of carbonyl (C=O) groups is 1. The number of carboxylic acids is 1. The molecule has 92 valence electrons. The Bertz CT molecular complexity index is 584. The summed E-state index contributed by atoms with van der Waals surface area (Å²) in [5.41, 5.74) is 5.61. The van der Waals surface area contributed by atoms with Crippen molar-refractivity contribution in [2.45, 2.75) is 0 Å². The van der Waals surface area contributed by atoms with Crippen molar-refractivity contribution in [2.24, 2.45) is 0 Å². The summed E-state index contributed by atoms with van der Waals surface area (Å²) in [6.07, 6.45) is 1.32. The zero-order chi connectivity index (χ0) is 13.1. The molecule has 0 unspecified atom stereocenters. The molecule has 0 spiro atoms. The van der Waals surface area contributed by atoms with Gasteiger partial charge in [-0.1, -0.05) is 11.6 Å². The highest BCUT2D eigenvalue weighted by Gasteiger charge is 2.13. The number of aromatic nitrogens is 1. The van der Waals surface area contributed by atoms with Crippen LogP contribution in [0.25, 0.3) is 0 Å². The van der Waals surface area contributed by atoms with Gasteiger partial charge < -0.3 is 15.6 Å². The fourth-order valence-corrected chi connectivity index (χ4v) is 1.46.